The molecular weight excluding hydrogens is 293 g/mol. The summed E-state index contributed by atoms with van der Waals surface area (Å²) in [4.78, 5) is 0. The number of nitrogens with one attached hydrogen (secondary N) is 1. The highest BCUT2D eigenvalue weighted by atomic mass is 35.5. The molecule has 3 aromatic rings. The van der Waals surface area contributed by atoms with Gasteiger partial charge in [-0.2, -0.15) is 0 Å². The van der Waals surface area contributed by atoms with Crippen LogP contribution in [0.5, 0.6) is 0 Å². The third kappa shape index (κ3) is 3.03. The predicted molar refractivity (Wildman–Crippen MR) is 78.5 cm³/mol. The van der Waals surface area contributed by atoms with Gasteiger partial charge in [-0.3, -0.25) is 0 Å². The molecule has 0 spiro atoms. The molecule has 0 fully saturated rings. The van der Waals surface area contributed by atoms with Crippen molar-refractivity contribution in [2.45, 2.75) is 6.54 Å². The number of hydrogen-bond donors (Lipinski definition) is 1. The van der Waals surface area contributed by atoms with E-state index < -0.39 is 5.82 Å². The Labute approximate surface area is 125 Å². The molecule has 0 unspecified atom stereocenters. The summed E-state index contributed by atoms with van der Waals surface area (Å²) in [5.74, 6) is 0.0345. The van der Waals surface area contributed by atoms with Crippen molar-refractivity contribution in [1.29, 1.82) is 0 Å². The second-order valence-corrected chi connectivity index (χ2v) is 4.80. The number of halogens is 2. The Balaban J connectivity index is 1.77. The zero-order valence-corrected chi connectivity index (χ0v) is 11.6. The molecule has 0 atom stereocenters. The van der Waals surface area contributed by atoms with Crippen LogP contribution in [0.2, 0.25) is 5.02 Å². The molecule has 0 saturated carbocycles. The topological polar surface area (TPSA) is 51.0 Å². The zero-order valence-electron chi connectivity index (χ0n) is 10.9. The lowest BCUT2D eigenvalue weighted by atomic mass is 10.1. The lowest BCUT2D eigenvalue weighted by Gasteiger charge is -2.09. The minimum absolute atomic E-state index is 0.119. The van der Waals surface area contributed by atoms with Gasteiger partial charge < -0.3 is 9.73 Å². The molecule has 21 heavy (non-hydrogen) atoms. The van der Waals surface area contributed by atoms with E-state index in [-0.39, 0.29) is 5.02 Å². The van der Waals surface area contributed by atoms with E-state index in [0.29, 0.717) is 18.0 Å². The van der Waals surface area contributed by atoms with E-state index in [0.717, 1.165) is 11.3 Å². The maximum absolute atomic E-state index is 13.8. The molecule has 0 aliphatic rings. The van der Waals surface area contributed by atoms with E-state index in [2.05, 4.69) is 15.5 Å². The molecule has 106 valence electrons. The van der Waals surface area contributed by atoms with Crippen molar-refractivity contribution >= 4 is 17.3 Å². The van der Waals surface area contributed by atoms with Crippen molar-refractivity contribution in [3.63, 3.8) is 0 Å². The van der Waals surface area contributed by atoms with Crippen molar-refractivity contribution in [1.82, 2.24) is 10.2 Å². The third-order valence-corrected chi connectivity index (χ3v) is 3.28. The summed E-state index contributed by atoms with van der Waals surface area (Å²) in [6.07, 6.45) is 1.27. The Kier molecular flexibility index (Phi) is 3.83. The Morgan fingerprint density at radius 1 is 1.19 bits per heavy atom. The average Bonchev–Trinajstić information content (AvgIpc) is 3.03. The molecule has 6 heteroatoms. The first-order valence-electron chi connectivity index (χ1n) is 6.27. The quantitative estimate of drug-likeness (QED) is 0.787. The Morgan fingerprint density at radius 2 is 2.05 bits per heavy atom. The standard InChI is InChI=1S/C15H11ClFN3O/c16-13-6-2-4-11(14(13)17)8-18-12-5-1-3-10(7-12)15-20-19-9-21-15/h1-7,9,18H,8H2. The van der Waals surface area contributed by atoms with Gasteiger partial charge in [0.25, 0.3) is 0 Å². The van der Waals surface area contributed by atoms with Crippen molar-refractivity contribution < 1.29 is 8.81 Å². The second-order valence-electron chi connectivity index (χ2n) is 4.39. The summed E-state index contributed by atoms with van der Waals surface area (Å²) in [6.45, 7) is 0.333. The van der Waals surface area contributed by atoms with Crippen LogP contribution in [0, 0.1) is 5.82 Å². The zero-order chi connectivity index (χ0) is 14.7. The monoisotopic (exact) mass is 303 g/mol. The summed E-state index contributed by atoms with van der Waals surface area (Å²) in [5, 5.41) is 10.8. The first kappa shape index (κ1) is 13.6. The van der Waals surface area contributed by atoms with Crippen LogP contribution in [0.1, 0.15) is 5.56 Å². The van der Waals surface area contributed by atoms with E-state index in [9.17, 15) is 4.39 Å². The van der Waals surface area contributed by atoms with Gasteiger partial charge in [0, 0.05) is 23.4 Å². The normalized spacial score (nSPS) is 10.6. The van der Waals surface area contributed by atoms with Crippen molar-refractivity contribution in [3.05, 3.63) is 65.3 Å². The van der Waals surface area contributed by atoms with Crippen LogP contribution < -0.4 is 5.32 Å². The van der Waals surface area contributed by atoms with E-state index in [1.54, 1.807) is 12.1 Å². The number of anilines is 1. The Bertz CT molecular complexity index is 746. The van der Waals surface area contributed by atoms with E-state index in [1.165, 1.54) is 12.5 Å². The van der Waals surface area contributed by atoms with Crippen LogP contribution in [0.25, 0.3) is 11.5 Å². The van der Waals surface area contributed by atoms with Gasteiger partial charge in [0.2, 0.25) is 12.3 Å². The summed E-state index contributed by atoms with van der Waals surface area (Å²) in [7, 11) is 0. The molecule has 3 rings (SSSR count). The van der Waals surface area contributed by atoms with Gasteiger partial charge in [0.15, 0.2) is 0 Å². The molecule has 0 radical (unpaired) electrons. The van der Waals surface area contributed by atoms with Gasteiger partial charge in [0.1, 0.15) is 5.82 Å². The van der Waals surface area contributed by atoms with E-state index >= 15 is 0 Å². The molecule has 0 bridgehead atoms. The van der Waals surface area contributed by atoms with Crippen molar-refractivity contribution in [3.8, 4) is 11.5 Å². The maximum atomic E-state index is 13.8. The Hall–Kier alpha value is -2.40. The molecule has 1 heterocycles. The fourth-order valence-corrected chi connectivity index (χ4v) is 2.14. The highest BCUT2D eigenvalue weighted by Crippen LogP contribution is 2.22. The SMILES string of the molecule is Fc1c(Cl)cccc1CNc1cccc(-c2nnco2)c1. The maximum Gasteiger partial charge on any atom is 0.247 e. The molecule has 1 N–H and O–H groups in total. The first-order valence-corrected chi connectivity index (χ1v) is 6.65. The van der Waals surface area contributed by atoms with Crippen LogP contribution >= 0.6 is 11.6 Å². The molecular formula is C15H11ClFN3O. The van der Waals surface area contributed by atoms with Gasteiger partial charge in [-0.05, 0) is 24.3 Å². The fraction of sp³-hybridized carbons (Fsp3) is 0.0667. The van der Waals surface area contributed by atoms with Gasteiger partial charge in [-0.25, -0.2) is 4.39 Å². The minimum atomic E-state index is -0.403. The van der Waals surface area contributed by atoms with Crippen molar-refractivity contribution in [2.24, 2.45) is 0 Å². The van der Waals surface area contributed by atoms with Gasteiger partial charge in [-0.15, -0.1) is 10.2 Å². The van der Waals surface area contributed by atoms with Gasteiger partial charge >= 0.3 is 0 Å². The summed E-state index contributed by atoms with van der Waals surface area (Å²) in [5.41, 5.74) is 2.12. The Morgan fingerprint density at radius 3 is 2.86 bits per heavy atom. The van der Waals surface area contributed by atoms with Gasteiger partial charge in [0.05, 0.1) is 5.02 Å². The van der Waals surface area contributed by atoms with Crippen LogP contribution in [0.3, 0.4) is 0 Å². The predicted octanol–water partition coefficient (Wildman–Crippen LogP) is 4.14. The molecule has 1 aromatic heterocycles. The van der Waals surface area contributed by atoms with E-state index in [4.69, 9.17) is 16.0 Å². The number of hydrogen-bond acceptors (Lipinski definition) is 4. The molecule has 2 aromatic carbocycles. The number of nitrogens with zero attached hydrogens (tertiary/aromatic N) is 2. The molecule has 4 nitrogen and oxygen atoms in total. The third-order valence-electron chi connectivity index (χ3n) is 2.98. The smallest absolute Gasteiger partial charge is 0.247 e. The van der Waals surface area contributed by atoms with Crippen LogP contribution in [0.15, 0.2) is 53.3 Å². The first-order chi connectivity index (χ1) is 10.2. The summed E-state index contributed by atoms with van der Waals surface area (Å²) < 4.78 is 18.9. The molecule has 0 aliphatic carbocycles. The molecule has 0 amide bonds. The van der Waals surface area contributed by atoms with Crippen LogP contribution in [-0.4, -0.2) is 10.2 Å². The molecule has 0 saturated heterocycles. The molecule has 0 aliphatic heterocycles. The summed E-state index contributed by atoms with van der Waals surface area (Å²) >= 11 is 5.76. The van der Waals surface area contributed by atoms with Gasteiger partial charge in [-0.1, -0.05) is 29.8 Å². The lowest BCUT2D eigenvalue weighted by Crippen LogP contribution is -2.02. The minimum Gasteiger partial charge on any atom is -0.423 e. The van der Waals surface area contributed by atoms with Crippen LogP contribution in [-0.2, 0) is 6.54 Å². The summed E-state index contributed by atoms with van der Waals surface area (Å²) in [6, 6.07) is 12.4. The average molecular weight is 304 g/mol. The number of rotatable bonds is 4. The number of aromatic nitrogens is 2. The largest absolute Gasteiger partial charge is 0.423 e. The lowest BCUT2D eigenvalue weighted by molar-refractivity contribution is 0.568. The van der Waals surface area contributed by atoms with Crippen molar-refractivity contribution in [2.75, 3.05) is 5.32 Å². The highest BCUT2D eigenvalue weighted by Gasteiger charge is 2.07. The fourth-order valence-electron chi connectivity index (χ4n) is 1.94. The number of benzene rings is 2. The van der Waals surface area contributed by atoms with Crippen LogP contribution in [0.4, 0.5) is 10.1 Å². The van der Waals surface area contributed by atoms with E-state index in [1.807, 2.05) is 24.3 Å². The highest BCUT2D eigenvalue weighted by molar-refractivity contribution is 6.30. The second kappa shape index (κ2) is 5.93.